The van der Waals surface area contributed by atoms with Crippen LogP contribution >= 0.6 is 0 Å². The summed E-state index contributed by atoms with van der Waals surface area (Å²) < 4.78 is 0. The number of aromatic amines is 1. The number of hydrogen-bond donors (Lipinski definition) is 1. The lowest BCUT2D eigenvalue weighted by Crippen LogP contribution is -1.83. The number of hydrogen-bond acceptors (Lipinski definition) is 3. The Hall–Kier alpha value is -1.97. The van der Waals surface area contributed by atoms with Gasteiger partial charge < -0.3 is 0 Å². The van der Waals surface area contributed by atoms with Crippen LogP contribution < -0.4 is 0 Å². The minimum Gasteiger partial charge on any atom is -0.285 e. The normalized spacial score (nSPS) is 11.1. The first-order valence-electron chi connectivity index (χ1n) is 3.97. The summed E-state index contributed by atoms with van der Waals surface area (Å²) in [5.74, 6) is 0. The molecule has 62 valence electrons. The van der Waals surface area contributed by atoms with E-state index in [4.69, 9.17) is 0 Å². The van der Waals surface area contributed by atoms with Crippen LogP contribution in [0, 0.1) is 0 Å². The first-order chi connectivity index (χ1) is 6.45. The summed E-state index contributed by atoms with van der Waals surface area (Å²) in [4.78, 5) is 8.33. The highest BCUT2D eigenvalue weighted by Gasteiger charge is 2.01. The highest BCUT2D eigenvalue weighted by molar-refractivity contribution is 6.03. The Morgan fingerprint density at radius 1 is 1.08 bits per heavy atom. The van der Waals surface area contributed by atoms with Crippen molar-refractivity contribution in [1.29, 1.82) is 0 Å². The lowest BCUT2D eigenvalue weighted by molar-refractivity contribution is 1.05. The molecular weight excluding hydrogens is 164 g/mol. The topological polar surface area (TPSA) is 54.5 Å². The van der Waals surface area contributed by atoms with Gasteiger partial charge >= 0.3 is 0 Å². The molecule has 0 radical (unpaired) electrons. The van der Waals surface area contributed by atoms with Gasteiger partial charge in [0.1, 0.15) is 0 Å². The monoisotopic (exact) mass is 170 g/mol. The number of aromatic nitrogens is 4. The maximum absolute atomic E-state index is 4.20. The summed E-state index contributed by atoms with van der Waals surface area (Å²) in [6, 6.07) is 1.96. The molecular formula is C9H6N4. The molecule has 0 saturated carbocycles. The first kappa shape index (κ1) is 6.54. The molecule has 0 fully saturated rings. The van der Waals surface area contributed by atoms with Gasteiger partial charge in [0.2, 0.25) is 0 Å². The third-order valence-electron chi connectivity index (χ3n) is 2.09. The Morgan fingerprint density at radius 2 is 2.08 bits per heavy atom. The third kappa shape index (κ3) is 0.823. The average Bonchev–Trinajstić information content (AvgIpc) is 2.65. The Labute approximate surface area is 73.6 Å². The fourth-order valence-electron chi connectivity index (χ4n) is 1.47. The molecule has 3 aromatic heterocycles. The number of H-pyrrole nitrogens is 1. The molecule has 4 nitrogen and oxygen atoms in total. The lowest BCUT2D eigenvalue weighted by atomic mass is 10.2. The van der Waals surface area contributed by atoms with Crippen LogP contribution in [0.5, 0.6) is 0 Å². The molecule has 0 saturated heterocycles. The van der Waals surface area contributed by atoms with Crippen LogP contribution in [-0.2, 0) is 0 Å². The van der Waals surface area contributed by atoms with Gasteiger partial charge in [0, 0.05) is 34.7 Å². The lowest BCUT2D eigenvalue weighted by Gasteiger charge is -1.96. The quantitative estimate of drug-likeness (QED) is 0.556. The maximum Gasteiger partial charge on any atom is 0.159 e. The molecule has 0 bridgehead atoms. The summed E-state index contributed by atoms with van der Waals surface area (Å²) in [5.41, 5.74) is 0.784. The number of rotatable bonds is 0. The molecule has 3 rings (SSSR count). The summed E-state index contributed by atoms with van der Waals surface area (Å²) in [5, 5.41) is 9.93. The molecule has 1 N–H and O–H groups in total. The predicted octanol–water partition coefficient (Wildman–Crippen LogP) is 1.51. The highest BCUT2D eigenvalue weighted by atomic mass is 15.1. The van der Waals surface area contributed by atoms with Gasteiger partial charge in [-0.25, -0.2) is 9.97 Å². The largest absolute Gasteiger partial charge is 0.285 e. The summed E-state index contributed by atoms with van der Waals surface area (Å²) in [6.07, 6.45) is 7.17. The van der Waals surface area contributed by atoms with Gasteiger partial charge in [0.05, 0.1) is 6.20 Å². The van der Waals surface area contributed by atoms with Crippen molar-refractivity contribution in [3.8, 4) is 0 Å². The van der Waals surface area contributed by atoms with E-state index in [0.717, 1.165) is 21.8 Å². The van der Waals surface area contributed by atoms with Gasteiger partial charge in [-0.2, -0.15) is 5.10 Å². The second-order valence-corrected chi connectivity index (χ2v) is 2.84. The third-order valence-corrected chi connectivity index (χ3v) is 2.09. The van der Waals surface area contributed by atoms with Gasteiger partial charge in [0.15, 0.2) is 5.65 Å². The Bertz CT molecular complexity index is 570. The van der Waals surface area contributed by atoms with E-state index in [0.29, 0.717) is 0 Å². The standard InChI is InChI=1S/C9H6N4/c1-2-10-9-7(1)8-5-13-12-4-6(8)3-11-9/h1-5,13H. The van der Waals surface area contributed by atoms with Gasteiger partial charge in [-0.1, -0.05) is 0 Å². The number of pyridine rings is 1. The van der Waals surface area contributed by atoms with E-state index in [-0.39, 0.29) is 0 Å². The van der Waals surface area contributed by atoms with Crippen molar-refractivity contribution in [2.24, 2.45) is 0 Å². The SMILES string of the molecule is c1cc2c(n1)ncc1cn[nH]cc12. The predicted molar refractivity (Wildman–Crippen MR) is 49.2 cm³/mol. The van der Waals surface area contributed by atoms with Crippen molar-refractivity contribution >= 4 is 21.8 Å². The van der Waals surface area contributed by atoms with Crippen LogP contribution in [0.15, 0.2) is 30.9 Å². The number of nitrogens with one attached hydrogen (secondary N) is 1. The van der Waals surface area contributed by atoms with E-state index in [9.17, 15) is 0 Å². The van der Waals surface area contributed by atoms with E-state index >= 15 is 0 Å². The minimum atomic E-state index is 0.784. The first-order valence-corrected chi connectivity index (χ1v) is 3.97. The zero-order chi connectivity index (χ0) is 8.67. The van der Waals surface area contributed by atoms with Gasteiger partial charge in [0.25, 0.3) is 0 Å². The molecule has 13 heavy (non-hydrogen) atoms. The zero-order valence-corrected chi connectivity index (χ0v) is 6.73. The smallest absolute Gasteiger partial charge is 0.159 e. The van der Waals surface area contributed by atoms with Crippen LogP contribution in [0.4, 0.5) is 0 Å². The molecule has 0 unspecified atom stereocenters. The summed E-state index contributed by atoms with van der Waals surface area (Å²) in [7, 11) is 0. The fourth-order valence-corrected chi connectivity index (χ4v) is 1.47. The number of nitrogens with zero attached hydrogens (tertiary/aromatic N) is 3. The Balaban J connectivity index is 2.65. The second-order valence-electron chi connectivity index (χ2n) is 2.84. The van der Waals surface area contributed by atoms with Crippen LogP contribution in [0.2, 0.25) is 0 Å². The molecule has 3 heterocycles. The van der Waals surface area contributed by atoms with Crippen molar-refractivity contribution in [3.63, 3.8) is 0 Å². The molecule has 0 atom stereocenters. The van der Waals surface area contributed by atoms with Crippen molar-refractivity contribution in [2.75, 3.05) is 0 Å². The van der Waals surface area contributed by atoms with Crippen LogP contribution in [0.25, 0.3) is 21.8 Å². The van der Waals surface area contributed by atoms with Gasteiger partial charge in [-0.05, 0) is 6.07 Å². The van der Waals surface area contributed by atoms with Crippen LogP contribution in [-0.4, -0.2) is 20.2 Å². The van der Waals surface area contributed by atoms with E-state index in [2.05, 4.69) is 20.2 Å². The molecule has 0 spiro atoms. The van der Waals surface area contributed by atoms with E-state index in [1.807, 2.05) is 12.3 Å². The molecule has 0 aliphatic rings. The highest BCUT2D eigenvalue weighted by Crippen LogP contribution is 2.20. The summed E-state index contributed by atoms with van der Waals surface area (Å²) in [6.45, 7) is 0. The molecule has 0 aliphatic carbocycles. The Kier molecular flexibility index (Phi) is 1.14. The maximum atomic E-state index is 4.20. The average molecular weight is 170 g/mol. The van der Waals surface area contributed by atoms with Crippen molar-refractivity contribution in [1.82, 2.24) is 20.2 Å². The van der Waals surface area contributed by atoms with Crippen molar-refractivity contribution < 1.29 is 0 Å². The number of fused-ring (bicyclic) bond motifs is 3. The molecule has 0 amide bonds. The summed E-state index contributed by atoms with van der Waals surface area (Å²) >= 11 is 0. The van der Waals surface area contributed by atoms with E-state index < -0.39 is 0 Å². The molecule has 4 heteroatoms. The molecule has 0 aliphatic heterocycles. The minimum absolute atomic E-state index is 0.784. The molecule has 3 aromatic rings. The van der Waals surface area contributed by atoms with Crippen LogP contribution in [0.3, 0.4) is 0 Å². The molecule has 0 aromatic carbocycles. The van der Waals surface area contributed by atoms with Gasteiger partial charge in [-0.15, -0.1) is 0 Å². The van der Waals surface area contributed by atoms with E-state index in [1.165, 1.54) is 0 Å². The van der Waals surface area contributed by atoms with Crippen LogP contribution in [0.1, 0.15) is 0 Å². The van der Waals surface area contributed by atoms with E-state index in [1.54, 1.807) is 18.6 Å². The second kappa shape index (κ2) is 2.26. The zero-order valence-electron chi connectivity index (χ0n) is 6.73. The van der Waals surface area contributed by atoms with Crippen molar-refractivity contribution in [2.45, 2.75) is 0 Å². The Morgan fingerprint density at radius 3 is 3.08 bits per heavy atom. The van der Waals surface area contributed by atoms with Gasteiger partial charge in [-0.3, -0.25) is 5.10 Å². The van der Waals surface area contributed by atoms with Crippen molar-refractivity contribution in [3.05, 3.63) is 30.9 Å². The fraction of sp³-hybridized carbons (Fsp3) is 0.